The second-order valence-electron chi connectivity index (χ2n) is 24.0. The lowest BCUT2D eigenvalue weighted by molar-refractivity contribution is -0.142. The van der Waals surface area contributed by atoms with Gasteiger partial charge in [-0.3, -0.25) is 52.9 Å². The highest BCUT2D eigenvalue weighted by Crippen LogP contribution is 2.26. The summed E-state index contributed by atoms with van der Waals surface area (Å²) >= 11 is 0. The SMILES string of the molecule is CCNC(=O)C1CCCN1C(=O)C(CCCN=C(N)N)NC(=O)C(NC(=O)C(NC(=O)C(Cc1ccc(O)cc1)NC(=O)C(CO)NC(=O)C(Cc1c[nH]c2ccccc12)NC(=O)C(Cc1cnc[nH]1)NC(=O)C1CCC(=O)N1)C(C)(C)C)C(C)(C)C. The van der Waals surface area contributed by atoms with Crippen LogP contribution < -0.4 is 59.3 Å². The first-order valence-corrected chi connectivity index (χ1v) is 29.1. The number of aliphatic imine (C=N–C) groups is 1. The lowest BCUT2D eigenvalue weighted by atomic mass is 9.83. The zero-order valence-electron chi connectivity index (χ0n) is 50.2. The highest BCUT2D eigenvalue weighted by atomic mass is 16.3. The number of para-hydroxylation sites is 1. The molecule has 17 N–H and O–H groups in total. The predicted octanol–water partition coefficient (Wildman–Crippen LogP) is -1.44. The van der Waals surface area contributed by atoms with Crippen molar-refractivity contribution in [2.75, 3.05) is 26.2 Å². The van der Waals surface area contributed by atoms with Crippen molar-refractivity contribution in [3.05, 3.63) is 84.1 Å². The number of aromatic nitrogens is 3. The fourth-order valence-corrected chi connectivity index (χ4v) is 10.4. The number of H-pyrrole nitrogens is 2. The topological polar surface area (TPSA) is 432 Å². The Morgan fingerprint density at radius 2 is 1.30 bits per heavy atom. The summed E-state index contributed by atoms with van der Waals surface area (Å²) in [4.78, 5) is 156. The number of carbonyl (C=O) groups excluding carboxylic acids is 10. The van der Waals surface area contributed by atoms with Crippen molar-refractivity contribution in [3.63, 3.8) is 0 Å². The number of nitrogens with two attached hydrogens (primary N) is 2. The van der Waals surface area contributed by atoms with Gasteiger partial charge in [0.05, 0.1) is 12.9 Å². The number of phenols is 1. The van der Waals surface area contributed by atoms with Crippen LogP contribution in [0.1, 0.15) is 104 Å². The van der Waals surface area contributed by atoms with E-state index in [1.165, 1.54) is 41.7 Å². The minimum Gasteiger partial charge on any atom is -0.508 e. The lowest BCUT2D eigenvalue weighted by Crippen LogP contribution is -2.64. The number of likely N-dealkylation sites (N-methyl/N-ethyl adjacent to an activating group) is 1. The summed E-state index contributed by atoms with van der Waals surface area (Å²) in [7, 11) is 0. The molecule has 2 saturated heterocycles. The number of nitrogens with zero attached hydrogens (tertiary/aromatic N) is 3. The molecule has 0 saturated carbocycles. The number of aromatic amines is 2. The molecule has 87 heavy (non-hydrogen) atoms. The molecule has 0 spiro atoms. The maximum Gasteiger partial charge on any atom is 0.245 e. The van der Waals surface area contributed by atoms with E-state index in [2.05, 4.69) is 67.8 Å². The predicted molar refractivity (Wildman–Crippen MR) is 320 cm³/mol. The molecular formula is C59H84N16O12. The molecule has 472 valence electrons. The number of phenolic OH excluding ortho intramolecular Hbond substituents is 1. The maximum absolute atomic E-state index is 14.8. The van der Waals surface area contributed by atoms with Gasteiger partial charge in [0.2, 0.25) is 59.1 Å². The van der Waals surface area contributed by atoms with E-state index in [9.17, 15) is 58.2 Å². The summed E-state index contributed by atoms with van der Waals surface area (Å²) in [5, 5.41) is 45.9. The Morgan fingerprint density at radius 3 is 1.90 bits per heavy atom. The molecule has 4 heterocycles. The molecule has 4 aromatic rings. The lowest BCUT2D eigenvalue weighted by Gasteiger charge is -2.37. The van der Waals surface area contributed by atoms with Crippen LogP contribution in [0.5, 0.6) is 5.75 Å². The first-order chi connectivity index (χ1) is 41.2. The number of fused-ring (bicyclic) bond motifs is 1. The standard InChI is InChI=1S/C59H84N16O12/c1-8-63-53(84)44-16-12-24-75(44)56(87)39(15-11-23-64-57(60)61)68-54(85)46(58(2,3)4)74-55(86)47(59(5,6)7)73-51(82)40(25-32-17-19-35(77)20-18-32)69-52(83)43(30-76)72-49(80)41(26-33-28-65-37-14-10-9-13-36(33)37)70-50(81)42(27-34-29-62-31-66-34)71-48(79)38-21-22-45(78)67-38/h9-10,13-14,17-20,28-29,31,38-44,46-47,65,76-77H,8,11-12,15-16,21-27,30H2,1-7H3,(H,62,66)(H,63,84)(H,67,78)(H,68,85)(H,69,83)(H,70,81)(H,71,79)(H,72,80)(H,73,82)(H,74,86)(H4,60,61,64). The molecule has 2 aromatic carbocycles. The monoisotopic (exact) mass is 1210 g/mol. The van der Waals surface area contributed by atoms with Crippen molar-refractivity contribution in [2.45, 2.75) is 161 Å². The Hall–Kier alpha value is -9.08. The van der Waals surface area contributed by atoms with Crippen LogP contribution in [0, 0.1) is 10.8 Å². The van der Waals surface area contributed by atoms with E-state index < -0.39 is 119 Å². The van der Waals surface area contributed by atoms with Gasteiger partial charge in [-0.15, -0.1) is 0 Å². The molecule has 9 atom stereocenters. The average molecular weight is 1210 g/mol. The fourth-order valence-electron chi connectivity index (χ4n) is 10.4. The number of hydrogen-bond donors (Lipinski definition) is 15. The van der Waals surface area contributed by atoms with Crippen molar-refractivity contribution in [3.8, 4) is 5.75 Å². The minimum atomic E-state index is -1.76. The number of aliphatic hydroxyl groups is 1. The highest BCUT2D eigenvalue weighted by molar-refractivity contribution is 6.00. The number of benzene rings is 2. The summed E-state index contributed by atoms with van der Waals surface area (Å²) in [5.74, 6) is -7.32. The molecule has 0 radical (unpaired) electrons. The number of amides is 10. The molecule has 2 fully saturated rings. The summed E-state index contributed by atoms with van der Waals surface area (Å²) < 4.78 is 0. The van der Waals surface area contributed by atoms with Crippen LogP contribution in [0.15, 0.2) is 72.2 Å². The number of guanidine groups is 1. The van der Waals surface area contributed by atoms with Gasteiger partial charge in [0.15, 0.2) is 5.96 Å². The van der Waals surface area contributed by atoms with E-state index >= 15 is 0 Å². The summed E-state index contributed by atoms with van der Waals surface area (Å²) in [6.07, 6.45) is 5.58. The smallest absolute Gasteiger partial charge is 0.245 e. The fraction of sp³-hybridized carbons (Fsp3) is 0.525. The quantitative estimate of drug-likeness (QED) is 0.0176. The molecule has 28 nitrogen and oxygen atoms in total. The van der Waals surface area contributed by atoms with Crippen LogP contribution in [0.25, 0.3) is 10.9 Å². The van der Waals surface area contributed by atoms with E-state index in [1.807, 2.05) is 6.07 Å². The van der Waals surface area contributed by atoms with Crippen LogP contribution in [0.4, 0.5) is 0 Å². The largest absolute Gasteiger partial charge is 0.508 e. The van der Waals surface area contributed by atoms with Gasteiger partial charge in [0.25, 0.3) is 0 Å². The summed E-state index contributed by atoms with van der Waals surface area (Å²) in [6, 6.07) is 1.27. The van der Waals surface area contributed by atoms with Gasteiger partial charge in [-0.1, -0.05) is 71.9 Å². The van der Waals surface area contributed by atoms with Gasteiger partial charge in [-0.05, 0) is 79.2 Å². The molecule has 2 aromatic heterocycles. The van der Waals surface area contributed by atoms with Crippen molar-refractivity contribution >= 4 is 75.9 Å². The van der Waals surface area contributed by atoms with E-state index in [4.69, 9.17) is 11.5 Å². The molecule has 28 heteroatoms. The Bertz CT molecular complexity index is 3110. The van der Waals surface area contributed by atoms with E-state index in [1.54, 1.807) is 72.9 Å². The Morgan fingerprint density at radius 1 is 0.713 bits per heavy atom. The normalized spacial score (nSPS) is 17.4. The number of hydrogen-bond acceptors (Lipinski definition) is 14. The summed E-state index contributed by atoms with van der Waals surface area (Å²) in [5.41, 5.74) is 11.2. The van der Waals surface area contributed by atoms with Crippen molar-refractivity contribution in [2.24, 2.45) is 27.3 Å². The van der Waals surface area contributed by atoms with Crippen LogP contribution in [0.2, 0.25) is 0 Å². The molecular weight excluding hydrogens is 1120 g/mol. The van der Waals surface area contributed by atoms with Gasteiger partial charge in [0.1, 0.15) is 60.1 Å². The Labute approximate surface area is 504 Å². The first kappa shape index (κ1) is 67.1. The molecule has 0 bridgehead atoms. The third-order valence-corrected chi connectivity index (χ3v) is 15.1. The summed E-state index contributed by atoms with van der Waals surface area (Å²) in [6.45, 7) is 11.6. The van der Waals surface area contributed by atoms with Gasteiger partial charge in [-0.2, -0.15) is 0 Å². The number of aromatic hydroxyl groups is 1. The molecule has 2 aliphatic rings. The Kier molecular flexibility index (Phi) is 23.4. The Balaban J connectivity index is 1.23. The van der Waals surface area contributed by atoms with Crippen LogP contribution in [-0.4, -0.2) is 176 Å². The van der Waals surface area contributed by atoms with Gasteiger partial charge in [0, 0.05) is 74.3 Å². The van der Waals surface area contributed by atoms with Gasteiger partial charge in [-0.25, -0.2) is 4.98 Å². The van der Waals surface area contributed by atoms with E-state index in [0.717, 1.165) is 0 Å². The molecule has 2 aliphatic heterocycles. The number of likely N-dealkylation sites (tertiary alicyclic amines) is 1. The van der Waals surface area contributed by atoms with Gasteiger partial charge < -0.3 is 84.4 Å². The van der Waals surface area contributed by atoms with Crippen LogP contribution in [0.3, 0.4) is 0 Å². The molecule has 10 amide bonds. The number of nitrogens with one attached hydrogen (secondary N) is 11. The highest BCUT2D eigenvalue weighted by Gasteiger charge is 2.43. The first-order valence-electron chi connectivity index (χ1n) is 29.1. The van der Waals surface area contributed by atoms with Crippen LogP contribution in [-0.2, 0) is 67.2 Å². The number of imidazole rings is 1. The van der Waals surface area contributed by atoms with E-state index in [-0.39, 0.29) is 81.6 Å². The number of carbonyl (C=O) groups is 10. The third-order valence-electron chi connectivity index (χ3n) is 15.1. The maximum atomic E-state index is 14.8. The van der Waals surface area contributed by atoms with Gasteiger partial charge >= 0.3 is 0 Å². The number of aliphatic hydroxyl groups excluding tert-OH is 1. The molecule has 6 rings (SSSR count). The van der Waals surface area contributed by atoms with Crippen molar-refractivity contribution in [1.82, 2.24) is 67.7 Å². The van der Waals surface area contributed by atoms with Crippen molar-refractivity contribution < 1.29 is 58.2 Å². The number of rotatable bonds is 28. The van der Waals surface area contributed by atoms with Crippen molar-refractivity contribution in [1.29, 1.82) is 0 Å². The molecule has 0 aliphatic carbocycles. The zero-order chi connectivity index (χ0) is 63.8. The van der Waals surface area contributed by atoms with E-state index in [0.29, 0.717) is 47.1 Å². The average Bonchev–Trinajstić information content (AvgIpc) is 2.33. The zero-order valence-corrected chi connectivity index (χ0v) is 50.2. The second kappa shape index (κ2) is 30.3. The molecule has 9 unspecified atom stereocenters. The third kappa shape index (κ3) is 19.0. The second-order valence-corrected chi connectivity index (χ2v) is 24.0. The van der Waals surface area contributed by atoms with Crippen LogP contribution >= 0.6 is 0 Å². The minimum absolute atomic E-state index is 0.0707.